The predicted octanol–water partition coefficient (Wildman–Crippen LogP) is 2.53. The van der Waals surface area contributed by atoms with Crippen molar-refractivity contribution in [3.63, 3.8) is 0 Å². The van der Waals surface area contributed by atoms with E-state index in [0.29, 0.717) is 12.2 Å². The fourth-order valence-corrected chi connectivity index (χ4v) is 6.11. The molecule has 0 aliphatic carbocycles. The number of para-hydroxylation sites is 1. The highest BCUT2D eigenvalue weighted by Gasteiger charge is 2.28. The van der Waals surface area contributed by atoms with E-state index in [1.165, 1.54) is 11.8 Å². The lowest BCUT2D eigenvalue weighted by atomic mass is 10.2. The Labute approximate surface area is 139 Å². The van der Waals surface area contributed by atoms with E-state index in [-0.39, 0.29) is 34.5 Å². The highest BCUT2D eigenvalue weighted by Crippen LogP contribution is 2.25. The molecule has 2 aromatic rings. The Morgan fingerprint density at radius 2 is 2.22 bits per heavy atom. The van der Waals surface area contributed by atoms with Crippen LogP contribution in [0.2, 0.25) is 0 Å². The number of fused-ring (bicyclic) bond motifs is 1. The molecule has 124 valence electrons. The van der Waals surface area contributed by atoms with Gasteiger partial charge in [-0.1, -0.05) is 18.2 Å². The molecular formula is C16H19NO4S2. The molecule has 3 rings (SSSR count). The molecule has 1 saturated heterocycles. The van der Waals surface area contributed by atoms with Gasteiger partial charge >= 0.3 is 0 Å². The van der Waals surface area contributed by atoms with Gasteiger partial charge in [-0.15, -0.1) is 11.8 Å². The molecule has 2 atom stereocenters. The van der Waals surface area contributed by atoms with Crippen molar-refractivity contribution in [2.24, 2.45) is 0 Å². The molecule has 1 fully saturated rings. The van der Waals surface area contributed by atoms with Crippen molar-refractivity contribution in [1.29, 1.82) is 0 Å². The van der Waals surface area contributed by atoms with Crippen LogP contribution in [0.1, 0.15) is 25.1 Å². The number of hydrogen-bond donors (Lipinski definition) is 1. The Morgan fingerprint density at radius 3 is 2.91 bits per heavy atom. The molecule has 1 aromatic carbocycles. The predicted molar refractivity (Wildman–Crippen MR) is 92.3 cm³/mol. The number of nitrogens with one attached hydrogen (secondary N) is 1. The minimum absolute atomic E-state index is 0.0345. The van der Waals surface area contributed by atoms with Gasteiger partial charge in [0.1, 0.15) is 11.3 Å². The van der Waals surface area contributed by atoms with Crippen molar-refractivity contribution in [2.75, 3.05) is 17.3 Å². The molecule has 0 saturated carbocycles. The van der Waals surface area contributed by atoms with E-state index in [2.05, 4.69) is 5.32 Å². The zero-order chi connectivity index (χ0) is 16.4. The lowest BCUT2D eigenvalue weighted by molar-refractivity contribution is -0.119. The molecule has 23 heavy (non-hydrogen) atoms. The van der Waals surface area contributed by atoms with Crippen molar-refractivity contribution in [3.8, 4) is 0 Å². The molecule has 0 unspecified atom stereocenters. The summed E-state index contributed by atoms with van der Waals surface area (Å²) in [5, 5.41) is 3.94. The SMILES string of the molecule is C[C@H](NC(=O)CS[C@H]1CCS(=O)(=O)C1)c1cc2ccccc2o1. The maximum Gasteiger partial charge on any atom is 0.230 e. The third kappa shape index (κ3) is 4.09. The van der Waals surface area contributed by atoms with Gasteiger partial charge in [0.05, 0.1) is 23.3 Å². The fourth-order valence-electron chi connectivity index (χ4n) is 2.66. The molecule has 2 heterocycles. The zero-order valence-electron chi connectivity index (χ0n) is 12.8. The molecule has 1 amide bonds. The molecule has 1 aliphatic rings. The van der Waals surface area contributed by atoms with E-state index < -0.39 is 9.84 Å². The summed E-state index contributed by atoms with van der Waals surface area (Å²) < 4.78 is 28.5. The topological polar surface area (TPSA) is 76.4 Å². The molecule has 1 aromatic heterocycles. The molecule has 0 radical (unpaired) electrons. The van der Waals surface area contributed by atoms with Gasteiger partial charge in [0.2, 0.25) is 5.91 Å². The molecule has 1 N–H and O–H groups in total. The first-order chi connectivity index (χ1) is 10.9. The van der Waals surface area contributed by atoms with Crippen LogP contribution in [0.4, 0.5) is 0 Å². The summed E-state index contributed by atoms with van der Waals surface area (Å²) in [6, 6.07) is 9.42. The van der Waals surface area contributed by atoms with Crippen LogP contribution in [0.25, 0.3) is 11.0 Å². The van der Waals surface area contributed by atoms with E-state index in [4.69, 9.17) is 4.42 Å². The molecular weight excluding hydrogens is 334 g/mol. The van der Waals surface area contributed by atoms with Gasteiger partial charge in [-0.3, -0.25) is 4.79 Å². The lowest BCUT2D eigenvalue weighted by Gasteiger charge is -2.12. The number of benzene rings is 1. The minimum Gasteiger partial charge on any atom is -0.459 e. The summed E-state index contributed by atoms with van der Waals surface area (Å²) >= 11 is 1.41. The van der Waals surface area contributed by atoms with Crippen LogP contribution in [0.5, 0.6) is 0 Å². The van der Waals surface area contributed by atoms with Crippen LogP contribution in [0.3, 0.4) is 0 Å². The second-order valence-electron chi connectivity index (χ2n) is 5.81. The van der Waals surface area contributed by atoms with Gasteiger partial charge in [-0.25, -0.2) is 8.42 Å². The Balaban J connectivity index is 1.53. The van der Waals surface area contributed by atoms with Crippen LogP contribution < -0.4 is 5.32 Å². The standard InChI is InChI=1S/C16H19NO4S2/c1-11(15-8-12-4-2-3-5-14(12)21-15)17-16(18)9-22-13-6-7-23(19,20)10-13/h2-5,8,11,13H,6-7,9-10H2,1H3,(H,17,18)/t11-,13-/m0/s1. The van der Waals surface area contributed by atoms with Crippen LogP contribution in [-0.2, 0) is 14.6 Å². The van der Waals surface area contributed by atoms with Gasteiger partial charge in [0, 0.05) is 10.6 Å². The largest absolute Gasteiger partial charge is 0.459 e. The van der Waals surface area contributed by atoms with E-state index in [9.17, 15) is 13.2 Å². The number of carbonyl (C=O) groups is 1. The summed E-state index contributed by atoms with van der Waals surface area (Å²) in [4.78, 5) is 12.0. The van der Waals surface area contributed by atoms with E-state index in [0.717, 1.165) is 11.0 Å². The van der Waals surface area contributed by atoms with Crippen molar-refractivity contribution < 1.29 is 17.6 Å². The molecule has 5 nitrogen and oxygen atoms in total. The van der Waals surface area contributed by atoms with Crippen LogP contribution >= 0.6 is 11.8 Å². The highest BCUT2D eigenvalue weighted by molar-refractivity contribution is 8.02. The van der Waals surface area contributed by atoms with E-state index >= 15 is 0 Å². The quantitative estimate of drug-likeness (QED) is 0.894. The molecule has 0 spiro atoms. The summed E-state index contributed by atoms with van der Waals surface area (Å²) in [5.74, 6) is 1.30. The van der Waals surface area contributed by atoms with E-state index in [1.807, 2.05) is 37.3 Å². The number of furan rings is 1. The van der Waals surface area contributed by atoms with Crippen molar-refractivity contribution in [3.05, 3.63) is 36.1 Å². The number of thioether (sulfide) groups is 1. The minimum atomic E-state index is -2.89. The first-order valence-corrected chi connectivity index (χ1v) is 10.4. The lowest BCUT2D eigenvalue weighted by Crippen LogP contribution is -2.28. The normalized spacial score (nSPS) is 21.3. The molecule has 1 aliphatic heterocycles. The number of carbonyl (C=O) groups excluding carboxylic acids is 1. The van der Waals surface area contributed by atoms with Gasteiger partial charge in [-0.05, 0) is 25.5 Å². The van der Waals surface area contributed by atoms with Crippen LogP contribution in [0.15, 0.2) is 34.7 Å². The Bertz CT molecular complexity index is 779. The first kappa shape index (κ1) is 16.4. The van der Waals surface area contributed by atoms with E-state index in [1.54, 1.807) is 0 Å². The maximum atomic E-state index is 12.0. The molecule has 7 heteroatoms. The average Bonchev–Trinajstić information content (AvgIpc) is 3.08. The molecule has 0 bridgehead atoms. The second kappa shape index (κ2) is 6.57. The summed E-state index contributed by atoms with van der Waals surface area (Å²) in [6.45, 7) is 1.88. The second-order valence-corrected chi connectivity index (χ2v) is 9.33. The Hall–Kier alpha value is -1.47. The van der Waals surface area contributed by atoms with Gasteiger partial charge < -0.3 is 9.73 Å². The van der Waals surface area contributed by atoms with Crippen LogP contribution in [-0.4, -0.2) is 36.8 Å². The monoisotopic (exact) mass is 353 g/mol. The summed E-state index contributed by atoms with van der Waals surface area (Å²) in [5.41, 5.74) is 0.800. The van der Waals surface area contributed by atoms with Gasteiger partial charge in [-0.2, -0.15) is 0 Å². The highest BCUT2D eigenvalue weighted by atomic mass is 32.2. The number of hydrogen-bond acceptors (Lipinski definition) is 5. The van der Waals surface area contributed by atoms with Gasteiger partial charge in [0.25, 0.3) is 0 Å². The average molecular weight is 353 g/mol. The smallest absolute Gasteiger partial charge is 0.230 e. The van der Waals surface area contributed by atoms with Gasteiger partial charge in [0.15, 0.2) is 9.84 Å². The fraction of sp³-hybridized carbons (Fsp3) is 0.438. The van der Waals surface area contributed by atoms with Crippen molar-refractivity contribution in [2.45, 2.75) is 24.6 Å². The third-order valence-electron chi connectivity index (χ3n) is 3.89. The third-order valence-corrected chi connectivity index (χ3v) is 7.17. The van der Waals surface area contributed by atoms with Crippen molar-refractivity contribution in [1.82, 2.24) is 5.32 Å². The Kier molecular flexibility index (Phi) is 4.68. The zero-order valence-corrected chi connectivity index (χ0v) is 14.5. The maximum absolute atomic E-state index is 12.0. The number of amides is 1. The van der Waals surface area contributed by atoms with Crippen LogP contribution in [0, 0.1) is 0 Å². The number of sulfone groups is 1. The Morgan fingerprint density at radius 1 is 1.43 bits per heavy atom. The summed E-state index contributed by atoms with van der Waals surface area (Å²) in [7, 11) is -2.89. The summed E-state index contributed by atoms with van der Waals surface area (Å²) in [6.07, 6.45) is 0.638. The number of rotatable bonds is 5. The first-order valence-electron chi connectivity index (χ1n) is 7.53. The van der Waals surface area contributed by atoms with Crippen molar-refractivity contribution >= 4 is 38.5 Å².